The van der Waals surface area contributed by atoms with E-state index in [1.54, 1.807) is 0 Å². The minimum Gasteiger partial charge on any atom is -0.324 e. The lowest BCUT2D eigenvalue weighted by atomic mass is 9.98. The van der Waals surface area contributed by atoms with E-state index in [2.05, 4.69) is 10.4 Å². The Morgan fingerprint density at radius 1 is 1.30 bits per heavy atom. The molecule has 0 saturated carbocycles. The second-order valence-electron chi connectivity index (χ2n) is 5.64. The Balaban J connectivity index is 2.13. The highest BCUT2D eigenvalue weighted by molar-refractivity contribution is 5.92. The van der Waals surface area contributed by atoms with Crippen LogP contribution in [0, 0.1) is 6.92 Å². The maximum atomic E-state index is 12.5. The van der Waals surface area contributed by atoms with Crippen LogP contribution in [0.25, 0.3) is 0 Å². The van der Waals surface area contributed by atoms with Gasteiger partial charge in [0, 0.05) is 11.9 Å². The van der Waals surface area contributed by atoms with Crippen molar-refractivity contribution in [3.8, 4) is 0 Å². The minimum atomic E-state index is -4.51. The average molecular weight is 325 g/mol. The van der Waals surface area contributed by atoms with Gasteiger partial charge in [0.15, 0.2) is 5.69 Å². The van der Waals surface area contributed by atoms with Crippen molar-refractivity contribution in [3.05, 3.63) is 47.3 Å². The van der Waals surface area contributed by atoms with E-state index >= 15 is 0 Å². The molecule has 0 bridgehead atoms. The number of benzene rings is 1. The molecule has 0 atom stereocenters. The number of nitrogens with zero attached hydrogens (tertiary/aromatic N) is 2. The third kappa shape index (κ3) is 4.12. The molecule has 23 heavy (non-hydrogen) atoms. The maximum absolute atomic E-state index is 12.5. The molecule has 1 aromatic carbocycles. The average Bonchev–Trinajstić information content (AvgIpc) is 2.89. The van der Waals surface area contributed by atoms with Crippen molar-refractivity contribution in [2.24, 2.45) is 0 Å². The number of nitrogens with one attached hydrogen (secondary N) is 1. The predicted molar refractivity (Wildman–Crippen MR) is 81.1 cm³/mol. The van der Waals surface area contributed by atoms with Crippen LogP contribution in [-0.4, -0.2) is 15.7 Å². The summed E-state index contributed by atoms with van der Waals surface area (Å²) in [6.45, 7) is 5.61. The predicted octanol–water partition coefficient (Wildman–Crippen LogP) is 3.97. The Kier molecular flexibility index (Phi) is 4.77. The van der Waals surface area contributed by atoms with Gasteiger partial charge in [-0.1, -0.05) is 32.0 Å². The highest BCUT2D eigenvalue weighted by Gasteiger charge is 2.33. The molecule has 7 heteroatoms. The zero-order valence-electron chi connectivity index (χ0n) is 13.1. The fourth-order valence-corrected chi connectivity index (χ4v) is 2.27. The third-order valence-corrected chi connectivity index (χ3v) is 3.43. The molecule has 0 unspecified atom stereocenters. The van der Waals surface area contributed by atoms with Crippen LogP contribution in [0.3, 0.4) is 0 Å². The summed E-state index contributed by atoms with van der Waals surface area (Å²) in [4.78, 5) is 12.1. The van der Waals surface area contributed by atoms with Crippen LogP contribution in [0.4, 0.5) is 18.9 Å². The van der Waals surface area contributed by atoms with Crippen molar-refractivity contribution in [1.29, 1.82) is 0 Å². The number of anilines is 1. The molecule has 124 valence electrons. The van der Waals surface area contributed by atoms with Crippen LogP contribution in [0.15, 0.2) is 30.5 Å². The van der Waals surface area contributed by atoms with Gasteiger partial charge in [-0.15, -0.1) is 0 Å². The number of amides is 1. The Bertz CT molecular complexity index is 705. The highest BCUT2D eigenvalue weighted by atomic mass is 19.4. The Labute approximate surface area is 132 Å². The summed E-state index contributed by atoms with van der Waals surface area (Å²) in [5.41, 5.74) is 1.58. The van der Waals surface area contributed by atoms with E-state index < -0.39 is 17.8 Å². The first kappa shape index (κ1) is 17.1. The number of aryl methyl sites for hydroxylation is 1. The van der Waals surface area contributed by atoms with Gasteiger partial charge in [-0.2, -0.15) is 18.3 Å². The number of carbonyl (C=O) groups is 1. The van der Waals surface area contributed by atoms with Crippen molar-refractivity contribution in [2.45, 2.75) is 39.4 Å². The van der Waals surface area contributed by atoms with Gasteiger partial charge in [0.2, 0.25) is 5.91 Å². The number of carbonyl (C=O) groups excluding carboxylic acids is 1. The van der Waals surface area contributed by atoms with Gasteiger partial charge in [0.05, 0.1) is 0 Å². The number of hydrogen-bond donors (Lipinski definition) is 1. The van der Waals surface area contributed by atoms with E-state index in [0.717, 1.165) is 28.1 Å². The summed E-state index contributed by atoms with van der Waals surface area (Å²) >= 11 is 0. The molecule has 0 radical (unpaired) electrons. The standard InChI is InChI=1S/C16H18F3N3O/c1-10(2)12-6-4-5-11(3)15(12)20-14(23)9-22-8-7-13(21-22)16(17,18)19/h4-8,10H,9H2,1-3H3,(H,20,23). The molecule has 2 rings (SSSR count). The van der Waals surface area contributed by atoms with Gasteiger partial charge >= 0.3 is 6.18 Å². The quantitative estimate of drug-likeness (QED) is 0.924. The van der Waals surface area contributed by atoms with E-state index in [4.69, 9.17) is 0 Å². The molecule has 4 nitrogen and oxygen atoms in total. The van der Waals surface area contributed by atoms with Gasteiger partial charge < -0.3 is 5.32 Å². The molecule has 0 aliphatic rings. The lowest BCUT2D eigenvalue weighted by Gasteiger charge is -2.16. The van der Waals surface area contributed by atoms with Crippen molar-refractivity contribution >= 4 is 11.6 Å². The number of para-hydroxylation sites is 1. The number of alkyl halides is 3. The molecule has 0 spiro atoms. The van der Waals surface area contributed by atoms with Crippen molar-refractivity contribution in [2.75, 3.05) is 5.32 Å². The number of halogens is 3. The number of aromatic nitrogens is 2. The first-order valence-corrected chi connectivity index (χ1v) is 7.18. The topological polar surface area (TPSA) is 46.9 Å². The maximum Gasteiger partial charge on any atom is 0.435 e. The Morgan fingerprint density at radius 3 is 2.57 bits per heavy atom. The molecular weight excluding hydrogens is 307 g/mol. The second kappa shape index (κ2) is 6.44. The summed E-state index contributed by atoms with van der Waals surface area (Å²) in [6, 6.07) is 6.55. The van der Waals surface area contributed by atoms with Crippen LogP contribution >= 0.6 is 0 Å². The van der Waals surface area contributed by atoms with Gasteiger partial charge in [-0.3, -0.25) is 9.48 Å². The summed E-state index contributed by atoms with van der Waals surface area (Å²) in [5.74, 6) is -0.204. The number of rotatable bonds is 4. The fourth-order valence-electron chi connectivity index (χ4n) is 2.27. The van der Waals surface area contributed by atoms with E-state index in [0.29, 0.717) is 5.69 Å². The fraction of sp³-hybridized carbons (Fsp3) is 0.375. The highest BCUT2D eigenvalue weighted by Crippen LogP contribution is 2.28. The first-order valence-electron chi connectivity index (χ1n) is 7.18. The molecule has 0 aliphatic carbocycles. The van der Waals surface area contributed by atoms with Crippen LogP contribution < -0.4 is 5.32 Å². The van der Waals surface area contributed by atoms with E-state index in [-0.39, 0.29) is 12.5 Å². The molecule has 0 saturated heterocycles. The van der Waals surface area contributed by atoms with Gasteiger partial charge in [-0.05, 0) is 30.0 Å². The van der Waals surface area contributed by atoms with Crippen LogP contribution in [0.5, 0.6) is 0 Å². The van der Waals surface area contributed by atoms with Gasteiger partial charge in [0.25, 0.3) is 0 Å². The molecule has 1 amide bonds. The molecule has 1 aromatic heterocycles. The van der Waals surface area contributed by atoms with E-state index in [1.165, 1.54) is 0 Å². The summed E-state index contributed by atoms with van der Waals surface area (Å²) < 4.78 is 38.5. The summed E-state index contributed by atoms with van der Waals surface area (Å²) in [7, 11) is 0. The van der Waals surface area contributed by atoms with Crippen LogP contribution in [0.1, 0.15) is 36.6 Å². The third-order valence-electron chi connectivity index (χ3n) is 3.43. The zero-order chi connectivity index (χ0) is 17.2. The summed E-state index contributed by atoms with van der Waals surface area (Å²) in [6.07, 6.45) is -3.37. The lowest BCUT2D eigenvalue weighted by Crippen LogP contribution is -2.21. The van der Waals surface area contributed by atoms with Crippen molar-refractivity contribution in [1.82, 2.24) is 9.78 Å². The number of hydrogen-bond acceptors (Lipinski definition) is 2. The molecule has 1 N–H and O–H groups in total. The van der Waals surface area contributed by atoms with Gasteiger partial charge in [0.1, 0.15) is 6.54 Å². The van der Waals surface area contributed by atoms with Gasteiger partial charge in [-0.25, -0.2) is 0 Å². The van der Waals surface area contributed by atoms with Crippen molar-refractivity contribution < 1.29 is 18.0 Å². The van der Waals surface area contributed by atoms with Crippen LogP contribution in [0.2, 0.25) is 0 Å². The molecule has 1 heterocycles. The Hall–Kier alpha value is -2.31. The lowest BCUT2D eigenvalue weighted by molar-refractivity contribution is -0.141. The second-order valence-corrected chi connectivity index (χ2v) is 5.64. The SMILES string of the molecule is Cc1cccc(C(C)C)c1NC(=O)Cn1ccc(C(F)(F)F)n1. The van der Waals surface area contributed by atoms with E-state index in [1.807, 2.05) is 39.0 Å². The molecular formula is C16H18F3N3O. The molecule has 0 fully saturated rings. The molecule has 0 aliphatic heterocycles. The summed E-state index contributed by atoms with van der Waals surface area (Å²) in [5, 5.41) is 6.15. The Morgan fingerprint density at radius 2 is 2.00 bits per heavy atom. The first-order chi connectivity index (χ1) is 10.7. The zero-order valence-corrected chi connectivity index (χ0v) is 13.1. The van der Waals surface area contributed by atoms with E-state index in [9.17, 15) is 18.0 Å². The normalized spacial score (nSPS) is 11.8. The molecule has 2 aromatic rings. The monoisotopic (exact) mass is 325 g/mol. The van der Waals surface area contributed by atoms with Crippen LogP contribution in [-0.2, 0) is 17.5 Å². The largest absolute Gasteiger partial charge is 0.435 e. The van der Waals surface area contributed by atoms with Crippen molar-refractivity contribution in [3.63, 3.8) is 0 Å². The minimum absolute atomic E-state index is 0.215. The smallest absolute Gasteiger partial charge is 0.324 e.